The van der Waals surface area contributed by atoms with Gasteiger partial charge in [-0.25, -0.2) is 14.3 Å². The number of hydrogen-bond acceptors (Lipinski definition) is 5. The van der Waals surface area contributed by atoms with Gasteiger partial charge in [0.05, 0.1) is 25.0 Å². The number of fused-ring (bicyclic) bond motifs is 1. The number of nitrogens with zero attached hydrogens (tertiary/aromatic N) is 4. The van der Waals surface area contributed by atoms with E-state index in [9.17, 15) is 14.4 Å². The van der Waals surface area contributed by atoms with Crippen LogP contribution in [-0.2, 0) is 11.3 Å². The molecule has 0 spiro atoms. The van der Waals surface area contributed by atoms with Gasteiger partial charge in [-0.05, 0) is 23.8 Å². The second kappa shape index (κ2) is 7.95. The standard InChI is InChI=1S/C23H18N6O3/c30-20-13-25-23(32)28(20)14-15-5-4-8-17(11-15)27-22(31)18-12-26-29-19(9-10-24-21(18)29)16-6-2-1-3-7-16/h1-12H,13-14H2,(H,25,32)(H,27,31). The van der Waals surface area contributed by atoms with Gasteiger partial charge in [-0.1, -0.05) is 42.5 Å². The predicted octanol–water partition coefficient (Wildman–Crippen LogP) is 2.70. The van der Waals surface area contributed by atoms with Gasteiger partial charge in [-0.15, -0.1) is 0 Å². The summed E-state index contributed by atoms with van der Waals surface area (Å²) in [5.74, 6) is -0.638. The molecule has 4 aromatic rings. The minimum Gasteiger partial charge on any atom is -0.329 e. The van der Waals surface area contributed by atoms with Crippen LogP contribution >= 0.6 is 0 Å². The predicted molar refractivity (Wildman–Crippen MR) is 117 cm³/mol. The number of rotatable bonds is 5. The highest BCUT2D eigenvalue weighted by molar-refractivity contribution is 6.08. The van der Waals surface area contributed by atoms with Crippen LogP contribution in [0.15, 0.2) is 73.1 Å². The highest BCUT2D eigenvalue weighted by Crippen LogP contribution is 2.22. The molecule has 5 rings (SSSR count). The maximum atomic E-state index is 13.0. The molecule has 4 amide bonds. The summed E-state index contributed by atoms with van der Waals surface area (Å²) < 4.78 is 1.64. The third-order valence-corrected chi connectivity index (χ3v) is 5.18. The first-order valence-corrected chi connectivity index (χ1v) is 9.97. The molecule has 1 aliphatic heterocycles. The van der Waals surface area contributed by atoms with Crippen molar-refractivity contribution in [2.75, 3.05) is 11.9 Å². The smallest absolute Gasteiger partial charge is 0.324 e. The average Bonchev–Trinajstić information content (AvgIpc) is 3.39. The molecule has 2 aromatic carbocycles. The molecule has 9 heteroatoms. The van der Waals surface area contributed by atoms with Crippen molar-refractivity contribution in [2.45, 2.75) is 6.54 Å². The summed E-state index contributed by atoms with van der Waals surface area (Å²) in [6.45, 7) is 0.134. The molecular formula is C23H18N6O3. The Morgan fingerprint density at radius 3 is 2.69 bits per heavy atom. The number of carbonyl (C=O) groups is 3. The van der Waals surface area contributed by atoms with Gasteiger partial charge < -0.3 is 10.6 Å². The van der Waals surface area contributed by atoms with Crippen LogP contribution in [0, 0.1) is 0 Å². The molecule has 0 saturated carbocycles. The number of anilines is 1. The van der Waals surface area contributed by atoms with Crippen molar-refractivity contribution >= 4 is 29.2 Å². The minimum absolute atomic E-state index is 0.00194. The minimum atomic E-state index is -0.420. The summed E-state index contributed by atoms with van der Waals surface area (Å²) in [6, 6.07) is 18.2. The fourth-order valence-corrected chi connectivity index (χ4v) is 3.62. The molecule has 1 fully saturated rings. The first-order valence-electron chi connectivity index (χ1n) is 9.97. The van der Waals surface area contributed by atoms with Gasteiger partial charge in [-0.3, -0.25) is 14.5 Å². The number of aromatic nitrogens is 3. The number of benzene rings is 2. The Balaban J connectivity index is 1.39. The van der Waals surface area contributed by atoms with E-state index in [1.807, 2.05) is 36.4 Å². The molecule has 2 aromatic heterocycles. The molecule has 9 nitrogen and oxygen atoms in total. The van der Waals surface area contributed by atoms with Gasteiger partial charge in [0.15, 0.2) is 5.65 Å². The van der Waals surface area contributed by atoms with Crippen molar-refractivity contribution in [3.8, 4) is 11.3 Å². The van der Waals surface area contributed by atoms with E-state index in [-0.39, 0.29) is 24.9 Å². The molecule has 158 valence electrons. The summed E-state index contributed by atoms with van der Waals surface area (Å²) in [6.07, 6.45) is 3.13. The van der Waals surface area contributed by atoms with Crippen LogP contribution in [0.3, 0.4) is 0 Å². The lowest BCUT2D eigenvalue weighted by Crippen LogP contribution is -2.30. The van der Waals surface area contributed by atoms with E-state index in [4.69, 9.17) is 0 Å². The van der Waals surface area contributed by atoms with Gasteiger partial charge in [0.25, 0.3) is 5.91 Å². The Kier molecular flexibility index (Phi) is 4.83. The van der Waals surface area contributed by atoms with Gasteiger partial charge >= 0.3 is 6.03 Å². The van der Waals surface area contributed by atoms with Crippen molar-refractivity contribution in [1.29, 1.82) is 0 Å². The number of hydrogen-bond donors (Lipinski definition) is 2. The molecule has 1 aliphatic rings. The van der Waals surface area contributed by atoms with Gasteiger partial charge in [0, 0.05) is 17.4 Å². The van der Waals surface area contributed by atoms with E-state index in [0.29, 0.717) is 16.9 Å². The summed E-state index contributed by atoms with van der Waals surface area (Å²) in [4.78, 5) is 42.0. The van der Waals surface area contributed by atoms with Gasteiger partial charge in [0.1, 0.15) is 5.56 Å². The third kappa shape index (κ3) is 3.56. The second-order valence-electron chi connectivity index (χ2n) is 7.28. The molecule has 0 radical (unpaired) electrons. The van der Waals surface area contributed by atoms with E-state index in [2.05, 4.69) is 20.7 Å². The van der Waals surface area contributed by atoms with E-state index in [1.165, 1.54) is 6.20 Å². The average molecular weight is 426 g/mol. The highest BCUT2D eigenvalue weighted by atomic mass is 16.2. The number of urea groups is 1. The lowest BCUT2D eigenvalue weighted by molar-refractivity contribution is -0.125. The van der Waals surface area contributed by atoms with Crippen molar-refractivity contribution in [2.24, 2.45) is 0 Å². The zero-order valence-electron chi connectivity index (χ0n) is 16.9. The molecule has 3 heterocycles. The fraction of sp³-hybridized carbons (Fsp3) is 0.0870. The normalized spacial score (nSPS) is 13.4. The maximum absolute atomic E-state index is 13.0. The number of imide groups is 1. The quantitative estimate of drug-likeness (QED) is 0.477. The summed E-state index contributed by atoms with van der Waals surface area (Å²) in [5, 5.41) is 9.70. The first kappa shape index (κ1) is 19.4. The van der Waals surface area contributed by atoms with E-state index in [1.54, 1.807) is 35.0 Å². The van der Waals surface area contributed by atoms with Crippen LogP contribution < -0.4 is 10.6 Å². The van der Waals surface area contributed by atoms with Crippen molar-refractivity contribution in [1.82, 2.24) is 24.8 Å². The van der Waals surface area contributed by atoms with Crippen LogP contribution in [0.4, 0.5) is 10.5 Å². The summed E-state index contributed by atoms with van der Waals surface area (Å²) >= 11 is 0. The Labute approximate surface area is 182 Å². The lowest BCUT2D eigenvalue weighted by Gasteiger charge is -2.13. The third-order valence-electron chi connectivity index (χ3n) is 5.18. The van der Waals surface area contributed by atoms with Gasteiger partial charge in [0.2, 0.25) is 5.91 Å². The van der Waals surface area contributed by atoms with Crippen LogP contribution in [0.1, 0.15) is 15.9 Å². The van der Waals surface area contributed by atoms with E-state index >= 15 is 0 Å². The number of carbonyl (C=O) groups excluding carboxylic acids is 3. The molecule has 1 saturated heterocycles. The van der Waals surface area contributed by atoms with Crippen LogP contribution in [0.5, 0.6) is 0 Å². The van der Waals surface area contributed by atoms with E-state index in [0.717, 1.165) is 21.7 Å². The van der Waals surface area contributed by atoms with E-state index < -0.39 is 6.03 Å². The Bertz CT molecular complexity index is 1330. The maximum Gasteiger partial charge on any atom is 0.324 e. The van der Waals surface area contributed by atoms with Crippen LogP contribution in [-0.4, -0.2) is 43.9 Å². The zero-order chi connectivity index (χ0) is 22.1. The van der Waals surface area contributed by atoms with Crippen molar-refractivity contribution < 1.29 is 14.4 Å². The first-order chi connectivity index (χ1) is 15.6. The Hall–Kier alpha value is -4.53. The molecular weight excluding hydrogens is 408 g/mol. The molecule has 0 atom stereocenters. The Morgan fingerprint density at radius 1 is 1.06 bits per heavy atom. The van der Waals surface area contributed by atoms with Crippen molar-refractivity contribution in [3.63, 3.8) is 0 Å². The largest absolute Gasteiger partial charge is 0.329 e. The van der Waals surface area contributed by atoms with Gasteiger partial charge in [-0.2, -0.15) is 5.10 Å². The number of amides is 4. The fourth-order valence-electron chi connectivity index (χ4n) is 3.62. The highest BCUT2D eigenvalue weighted by Gasteiger charge is 2.28. The molecule has 2 N–H and O–H groups in total. The van der Waals surface area contributed by atoms with Crippen LogP contribution in [0.2, 0.25) is 0 Å². The molecule has 0 aliphatic carbocycles. The molecule has 0 unspecified atom stereocenters. The summed E-state index contributed by atoms with van der Waals surface area (Å²) in [5.41, 5.74) is 3.82. The van der Waals surface area contributed by atoms with Crippen molar-refractivity contribution in [3.05, 3.63) is 84.2 Å². The summed E-state index contributed by atoms with van der Waals surface area (Å²) in [7, 11) is 0. The second-order valence-corrected chi connectivity index (χ2v) is 7.28. The number of nitrogens with one attached hydrogen (secondary N) is 2. The topological polar surface area (TPSA) is 109 Å². The molecule has 32 heavy (non-hydrogen) atoms. The molecule has 0 bridgehead atoms. The van der Waals surface area contributed by atoms with Crippen LogP contribution in [0.25, 0.3) is 16.9 Å². The monoisotopic (exact) mass is 426 g/mol. The Morgan fingerprint density at radius 2 is 1.91 bits per heavy atom. The zero-order valence-corrected chi connectivity index (χ0v) is 16.9. The lowest BCUT2D eigenvalue weighted by atomic mass is 10.1. The SMILES string of the molecule is O=C(Nc1cccc(CN2C(=O)CNC2=O)c1)c1cnn2c(-c3ccccc3)ccnc12.